The van der Waals surface area contributed by atoms with E-state index in [9.17, 15) is 9.90 Å². The van der Waals surface area contributed by atoms with Gasteiger partial charge in [-0.25, -0.2) is 0 Å². The van der Waals surface area contributed by atoms with E-state index in [1.54, 1.807) is 19.2 Å². The average molecular weight is 324 g/mol. The quantitative estimate of drug-likeness (QED) is 0.700. The fourth-order valence-electron chi connectivity index (χ4n) is 2.28. The molecule has 23 heavy (non-hydrogen) atoms. The maximum absolute atomic E-state index is 12.4. The summed E-state index contributed by atoms with van der Waals surface area (Å²) in [5.41, 5.74) is 1.96. The van der Waals surface area contributed by atoms with Crippen molar-refractivity contribution in [1.82, 2.24) is 0 Å². The van der Waals surface area contributed by atoms with Gasteiger partial charge in [0.25, 0.3) is 0 Å². The first-order chi connectivity index (χ1) is 11.2. The molecular formula is C19H16O3S. The number of carbonyl (C=O) groups is 1. The number of thiophene rings is 1. The number of rotatable bonds is 5. The van der Waals surface area contributed by atoms with E-state index in [0.29, 0.717) is 6.42 Å². The molecule has 2 aromatic carbocycles. The molecule has 0 aliphatic carbocycles. The maximum atomic E-state index is 12.4. The summed E-state index contributed by atoms with van der Waals surface area (Å²) in [5.74, 6) is 1.12. The minimum atomic E-state index is 0.102. The lowest BCUT2D eigenvalue weighted by molar-refractivity contribution is 0.0997. The highest BCUT2D eigenvalue weighted by molar-refractivity contribution is 7.17. The molecule has 3 aromatic rings. The van der Waals surface area contributed by atoms with Gasteiger partial charge in [0.15, 0.2) is 5.78 Å². The molecule has 3 rings (SSSR count). The Balaban J connectivity index is 1.74. The van der Waals surface area contributed by atoms with E-state index >= 15 is 0 Å². The normalized spacial score (nSPS) is 10.5. The molecule has 0 aliphatic heterocycles. The molecule has 116 valence electrons. The zero-order valence-corrected chi connectivity index (χ0v) is 13.5. The van der Waals surface area contributed by atoms with E-state index in [-0.39, 0.29) is 11.5 Å². The van der Waals surface area contributed by atoms with E-state index in [0.717, 1.165) is 26.6 Å². The number of methoxy groups -OCH3 is 1. The zero-order chi connectivity index (χ0) is 16.2. The number of phenols is 1. The van der Waals surface area contributed by atoms with Crippen molar-refractivity contribution in [3.8, 4) is 21.9 Å². The molecule has 0 spiro atoms. The smallest absolute Gasteiger partial charge is 0.177 e. The van der Waals surface area contributed by atoms with Crippen molar-refractivity contribution in [3.05, 3.63) is 71.1 Å². The number of benzene rings is 2. The molecule has 0 unspecified atom stereocenters. The van der Waals surface area contributed by atoms with Crippen molar-refractivity contribution in [3.63, 3.8) is 0 Å². The summed E-state index contributed by atoms with van der Waals surface area (Å²) in [5, 5.41) is 9.34. The van der Waals surface area contributed by atoms with Crippen LogP contribution in [0, 0.1) is 0 Å². The van der Waals surface area contributed by atoms with E-state index in [4.69, 9.17) is 4.74 Å². The van der Waals surface area contributed by atoms with Gasteiger partial charge in [0, 0.05) is 11.3 Å². The lowest BCUT2D eigenvalue weighted by Crippen LogP contribution is -2.00. The van der Waals surface area contributed by atoms with Crippen LogP contribution in [0.3, 0.4) is 0 Å². The first-order valence-electron chi connectivity index (χ1n) is 7.21. The topological polar surface area (TPSA) is 46.5 Å². The van der Waals surface area contributed by atoms with Crippen LogP contribution in [0.25, 0.3) is 10.4 Å². The van der Waals surface area contributed by atoms with Gasteiger partial charge in [0.05, 0.1) is 12.0 Å². The first kappa shape index (κ1) is 15.3. The molecule has 3 nitrogen and oxygen atoms in total. The Bertz CT molecular complexity index is 801. The van der Waals surface area contributed by atoms with E-state index in [2.05, 4.69) is 0 Å². The summed E-state index contributed by atoms with van der Waals surface area (Å²) in [6.07, 6.45) is 0.375. The molecule has 0 atom stereocenters. The highest BCUT2D eigenvalue weighted by atomic mass is 32.1. The molecule has 0 amide bonds. The van der Waals surface area contributed by atoms with Gasteiger partial charge in [-0.3, -0.25) is 4.79 Å². The number of hydrogen-bond donors (Lipinski definition) is 1. The van der Waals surface area contributed by atoms with E-state index < -0.39 is 0 Å². The van der Waals surface area contributed by atoms with Crippen LogP contribution in [-0.2, 0) is 6.42 Å². The number of Topliss-reactive ketones (excluding diaryl/α,β-unsaturated/α-hetero) is 1. The monoisotopic (exact) mass is 324 g/mol. The number of aromatic hydroxyl groups is 1. The summed E-state index contributed by atoms with van der Waals surface area (Å²) in [6.45, 7) is 0. The molecular weight excluding hydrogens is 308 g/mol. The SMILES string of the molecule is COc1ccc(CC(=O)c2ccc(-c3ccc(O)cc3)s2)cc1. The highest BCUT2D eigenvalue weighted by Gasteiger charge is 2.11. The van der Waals surface area contributed by atoms with Crippen LogP contribution in [0.1, 0.15) is 15.2 Å². The lowest BCUT2D eigenvalue weighted by Gasteiger charge is -2.02. The Hall–Kier alpha value is -2.59. The van der Waals surface area contributed by atoms with Crippen LogP contribution in [0.4, 0.5) is 0 Å². The molecule has 0 saturated heterocycles. The third-order valence-electron chi connectivity index (χ3n) is 3.56. The molecule has 1 aromatic heterocycles. The Morgan fingerprint density at radius 2 is 1.70 bits per heavy atom. The number of ether oxygens (including phenoxy) is 1. The molecule has 4 heteroatoms. The molecule has 0 radical (unpaired) electrons. The predicted molar refractivity (Wildman–Crippen MR) is 92.4 cm³/mol. The van der Waals surface area contributed by atoms with Crippen molar-refractivity contribution >= 4 is 17.1 Å². The van der Waals surface area contributed by atoms with Crippen LogP contribution in [0.15, 0.2) is 60.7 Å². The highest BCUT2D eigenvalue weighted by Crippen LogP contribution is 2.30. The van der Waals surface area contributed by atoms with Crippen molar-refractivity contribution in [2.45, 2.75) is 6.42 Å². The largest absolute Gasteiger partial charge is 0.508 e. The third kappa shape index (κ3) is 3.60. The van der Waals surface area contributed by atoms with Gasteiger partial charge in [-0.1, -0.05) is 12.1 Å². The number of ketones is 1. The Kier molecular flexibility index (Phi) is 4.44. The number of phenolic OH excluding ortho intramolecular Hbond substituents is 1. The van der Waals surface area contributed by atoms with Crippen LogP contribution in [-0.4, -0.2) is 18.0 Å². The summed E-state index contributed by atoms with van der Waals surface area (Å²) in [4.78, 5) is 14.2. The van der Waals surface area contributed by atoms with Crippen LogP contribution >= 0.6 is 11.3 Å². The van der Waals surface area contributed by atoms with Crippen molar-refractivity contribution in [2.75, 3.05) is 7.11 Å². The maximum Gasteiger partial charge on any atom is 0.177 e. The Morgan fingerprint density at radius 1 is 1.00 bits per heavy atom. The number of hydrogen-bond acceptors (Lipinski definition) is 4. The average Bonchev–Trinajstić information content (AvgIpc) is 3.06. The summed E-state index contributed by atoms with van der Waals surface area (Å²) in [7, 11) is 1.62. The van der Waals surface area contributed by atoms with Gasteiger partial charge >= 0.3 is 0 Å². The van der Waals surface area contributed by atoms with Crippen LogP contribution in [0.2, 0.25) is 0 Å². The van der Waals surface area contributed by atoms with Crippen molar-refractivity contribution in [2.24, 2.45) is 0 Å². The van der Waals surface area contributed by atoms with Gasteiger partial charge in [0.2, 0.25) is 0 Å². The van der Waals surface area contributed by atoms with Gasteiger partial charge in [-0.05, 0) is 59.7 Å². The van der Waals surface area contributed by atoms with Gasteiger partial charge in [-0.15, -0.1) is 11.3 Å². The van der Waals surface area contributed by atoms with E-state index in [1.165, 1.54) is 11.3 Å². The Morgan fingerprint density at radius 3 is 2.35 bits per heavy atom. The predicted octanol–water partition coefficient (Wildman–Crippen LogP) is 4.55. The standard InChI is InChI=1S/C19H16O3S/c1-22-16-8-2-13(3-9-16)12-17(21)19-11-10-18(23-19)14-4-6-15(20)7-5-14/h2-11,20H,12H2,1H3. The van der Waals surface area contributed by atoms with E-state index in [1.807, 2.05) is 48.5 Å². The van der Waals surface area contributed by atoms with Crippen molar-refractivity contribution < 1.29 is 14.6 Å². The molecule has 1 N–H and O–H groups in total. The summed E-state index contributed by atoms with van der Waals surface area (Å²) in [6, 6.07) is 18.3. The fraction of sp³-hybridized carbons (Fsp3) is 0.105. The molecule has 1 heterocycles. The lowest BCUT2D eigenvalue weighted by atomic mass is 10.1. The minimum Gasteiger partial charge on any atom is -0.508 e. The molecule has 0 fully saturated rings. The second-order valence-corrected chi connectivity index (χ2v) is 6.24. The zero-order valence-electron chi connectivity index (χ0n) is 12.7. The number of carbonyl (C=O) groups excluding carboxylic acids is 1. The fourth-order valence-corrected chi connectivity index (χ4v) is 3.23. The van der Waals surface area contributed by atoms with Crippen LogP contribution in [0.5, 0.6) is 11.5 Å². The second kappa shape index (κ2) is 6.67. The van der Waals surface area contributed by atoms with Gasteiger partial charge in [-0.2, -0.15) is 0 Å². The van der Waals surface area contributed by atoms with Gasteiger partial charge in [0.1, 0.15) is 11.5 Å². The molecule has 0 saturated carbocycles. The molecule has 0 aliphatic rings. The molecule has 0 bridgehead atoms. The summed E-state index contributed by atoms with van der Waals surface area (Å²) >= 11 is 1.47. The van der Waals surface area contributed by atoms with Gasteiger partial charge < -0.3 is 9.84 Å². The Labute approximate surface area is 138 Å². The minimum absolute atomic E-state index is 0.102. The summed E-state index contributed by atoms with van der Waals surface area (Å²) < 4.78 is 5.12. The van der Waals surface area contributed by atoms with Crippen molar-refractivity contribution in [1.29, 1.82) is 0 Å². The third-order valence-corrected chi connectivity index (χ3v) is 4.73. The second-order valence-electron chi connectivity index (χ2n) is 5.16. The van der Waals surface area contributed by atoms with Crippen LogP contribution < -0.4 is 4.74 Å². The first-order valence-corrected chi connectivity index (χ1v) is 8.03.